The third kappa shape index (κ3) is 5.08. The van der Waals surface area contributed by atoms with Crippen LogP contribution in [0.25, 0.3) is 11.6 Å². The lowest BCUT2D eigenvalue weighted by Gasteiger charge is -2.30. The monoisotopic (exact) mass is 554 g/mol. The molecule has 2 aliphatic heterocycles. The van der Waals surface area contributed by atoms with Crippen LogP contribution in [0.5, 0.6) is 0 Å². The number of furan rings is 1. The summed E-state index contributed by atoms with van der Waals surface area (Å²) in [6.07, 6.45) is 5.27. The number of ether oxygens (including phenoxy) is 1. The summed E-state index contributed by atoms with van der Waals surface area (Å²) in [5, 5.41) is 28.6. The number of allylic oxidation sites excluding steroid dienone is 2. The van der Waals surface area contributed by atoms with Crippen LogP contribution in [0.4, 0.5) is 5.69 Å². The van der Waals surface area contributed by atoms with Gasteiger partial charge in [0.1, 0.15) is 18.1 Å². The highest BCUT2D eigenvalue weighted by atomic mass is 16.5. The SMILES string of the molecule is CC1=C2[C@@H](CC/C(=C/c3ccc(CO)o3)c3ccccn3)OC[C@@H]2[C@@H]2C(=O)N(c3cccc(B(O)O)c3)C(=O)[C@@H]2C1. The highest BCUT2D eigenvalue weighted by molar-refractivity contribution is 6.58. The molecule has 210 valence electrons. The van der Waals surface area contributed by atoms with Gasteiger partial charge in [0.2, 0.25) is 11.8 Å². The number of pyridine rings is 1. The largest absolute Gasteiger partial charge is 0.488 e. The van der Waals surface area contributed by atoms with Crippen molar-refractivity contribution in [2.75, 3.05) is 11.5 Å². The minimum Gasteiger partial charge on any atom is -0.459 e. The second-order valence-electron chi connectivity index (χ2n) is 10.9. The van der Waals surface area contributed by atoms with Crippen LogP contribution in [0.3, 0.4) is 0 Å². The Bertz CT molecular complexity index is 1530. The van der Waals surface area contributed by atoms with Gasteiger partial charge in [0.25, 0.3) is 0 Å². The summed E-state index contributed by atoms with van der Waals surface area (Å²) in [5.41, 5.74) is 4.55. The van der Waals surface area contributed by atoms with Crippen molar-refractivity contribution in [1.29, 1.82) is 0 Å². The maximum atomic E-state index is 13.7. The molecule has 3 aliphatic rings. The second-order valence-corrected chi connectivity index (χ2v) is 10.9. The fourth-order valence-corrected chi connectivity index (χ4v) is 6.55. The number of nitrogens with zero attached hydrogens (tertiary/aromatic N) is 2. The molecule has 2 saturated heterocycles. The molecule has 6 rings (SSSR count). The van der Waals surface area contributed by atoms with Gasteiger partial charge in [-0.05, 0) is 85.3 Å². The fraction of sp³-hybridized carbons (Fsp3) is 0.323. The van der Waals surface area contributed by atoms with Crippen LogP contribution in [0.15, 0.2) is 76.4 Å². The molecule has 2 aromatic heterocycles. The van der Waals surface area contributed by atoms with Crippen LogP contribution in [-0.2, 0) is 20.9 Å². The van der Waals surface area contributed by atoms with Crippen LogP contribution in [0, 0.1) is 17.8 Å². The molecule has 2 amide bonds. The predicted octanol–water partition coefficient (Wildman–Crippen LogP) is 2.71. The van der Waals surface area contributed by atoms with E-state index in [1.54, 1.807) is 24.4 Å². The number of carbonyl (C=O) groups is 2. The number of hydrogen-bond donors (Lipinski definition) is 3. The van der Waals surface area contributed by atoms with Gasteiger partial charge in [-0.2, -0.15) is 0 Å². The molecule has 0 bridgehead atoms. The van der Waals surface area contributed by atoms with Gasteiger partial charge in [-0.1, -0.05) is 23.8 Å². The predicted molar refractivity (Wildman–Crippen MR) is 152 cm³/mol. The van der Waals surface area contributed by atoms with E-state index in [9.17, 15) is 24.7 Å². The van der Waals surface area contributed by atoms with Crippen molar-refractivity contribution >= 4 is 41.7 Å². The Morgan fingerprint density at radius 1 is 1.10 bits per heavy atom. The molecule has 0 spiro atoms. The Hall–Kier alpha value is -3.83. The molecule has 2 fully saturated rings. The minimum absolute atomic E-state index is 0.173. The fourth-order valence-electron chi connectivity index (χ4n) is 6.55. The van der Waals surface area contributed by atoms with Crippen molar-refractivity contribution < 1.29 is 33.9 Å². The highest BCUT2D eigenvalue weighted by Crippen LogP contribution is 2.50. The van der Waals surface area contributed by atoms with E-state index in [1.165, 1.54) is 17.0 Å². The van der Waals surface area contributed by atoms with E-state index in [2.05, 4.69) is 4.98 Å². The van der Waals surface area contributed by atoms with Crippen LogP contribution in [0.2, 0.25) is 0 Å². The van der Waals surface area contributed by atoms with Crippen molar-refractivity contribution in [3.8, 4) is 0 Å². The number of amides is 2. The van der Waals surface area contributed by atoms with E-state index in [0.717, 1.165) is 22.4 Å². The maximum absolute atomic E-state index is 13.7. The number of carbonyl (C=O) groups excluding carboxylic acids is 2. The first kappa shape index (κ1) is 27.3. The Kier molecular flexibility index (Phi) is 7.48. The topological polar surface area (TPSA) is 133 Å². The number of aromatic nitrogens is 1. The number of fused-ring (bicyclic) bond motifs is 3. The highest BCUT2D eigenvalue weighted by Gasteiger charge is 2.56. The van der Waals surface area contributed by atoms with E-state index in [1.807, 2.05) is 37.3 Å². The summed E-state index contributed by atoms with van der Waals surface area (Å²) in [5.74, 6) is -0.581. The lowest BCUT2D eigenvalue weighted by Crippen LogP contribution is -2.35. The van der Waals surface area contributed by atoms with Crippen LogP contribution >= 0.6 is 0 Å². The lowest BCUT2D eigenvalue weighted by molar-refractivity contribution is -0.122. The average Bonchev–Trinajstić information content (AvgIpc) is 3.68. The molecule has 41 heavy (non-hydrogen) atoms. The van der Waals surface area contributed by atoms with E-state index < -0.39 is 19.0 Å². The van der Waals surface area contributed by atoms with Crippen LogP contribution in [0.1, 0.15) is 43.4 Å². The quantitative estimate of drug-likeness (QED) is 0.220. The van der Waals surface area contributed by atoms with Crippen molar-refractivity contribution in [2.45, 2.75) is 38.9 Å². The van der Waals surface area contributed by atoms with E-state index >= 15 is 0 Å². The smallest absolute Gasteiger partial charge is 0.459 e. The average molecular weight is 554 g/mol. The normalized spacial score (nSPS) is 24.2. The number of aliphatic hydroxyl groups is 1. The number of benzene rings is 1. The second kappa shape index (κ2) is 11.2. The van der Waals surface area contributed by atoms with E-state index in [4.69, 9.17) is 9.15 Å². The summed E-state index contributed by atoms with van der Waals surface area (Å²) in [6.45, 7) is 2.22. The molecule has 3 aromatic rings. The number of hydrogen-bond acceptors (Lipinski definition) is 8. The van der Waals surface area contributed by atoms with E-state index in [-0.39, 0.29) is 35.9 Å². The number of imide groups is 1. The zero-order chi connectivity index (χ0) is 28.7. The zero-order valence-electron chi connectivity index (χ0n) is 22.6. The number of anilines is 1. The van der Waals surface area contributed by atoms with Gasteiger partial charge in [0.15, 0.2) is 0 Å². The Balaban J connectivity index is 1.23. The maximum Gasteiger partial charge on any atom is 0.488 e. The molecule has 0 radical (unpaired) electrons. The van der Waals surface area contributed by atoms with Crippen LogP contribution in [-0.4, -0.2) is 51.8 Å². The molecule has 4 atom stereocenters. The van der Waals surface area contributed by atoms with Crippen molar-refractivity contribution in [1.82, 2.24) is 4.98 Å². The molecular weight excluding hydrogens is 523 g/mol. The van der Waals surface area contributed by atoms with Gasteiger partial charge < -0.3 is 24.3 Å². The van der Waals surface area contributed by atoms with Crippen LogP contribution < -0.4 is 10.4 Å². The molecular formula is C31H31BN2O7. The summed E-state index contributed by atoms with van der Waals surface area (Å²) in [6, 6.07) is 15.5. The van der Waals surface area contributed by atoms with Gasteiger partial charge in [0.05, 0.1) is 35.9 Å². The Morgan fingerprint density at radius 3 is 2.68 bits per heavy atom. The number of aliphatic hydroxyl groups excluding tert-OH is 1. The van der Waals surface area contributed by atoms with Crippen molar-refractivity contribution in [3.05, 3.63) is 89.2 Å². The molecule has 0 saturated carbocycles. The van der Waals surface area contributed by atoms with Gasteiger partial charge in [0, 0.05) is 12.1 Å². The Labute approximate surface area is 237 Å². The summed E-state index contributed by atoms with van der Waals surface area (Å²) < 4.78 is 12.0. The molecule has 1 aliphatic carbocycles. The third-order valence-corrected chi connectivity index (χ3v) is 8.40. The van der Waals surface area contributed by atoms with Crippen molar-refractivity contribution in [3.63, 3.8) is 0 Å². The minimum atomic E-state index is -1.70. The lowest BCUT2D eigenvalue weighted by atomic mass is 9.70. The summed E-state index contributed by atoms with van der Waals surface area (Å²) in [4.78, 5) is 33.0. The third-order valence-electron chi connectivity index (χ3n) is 8.40. The first-order chi connectivity index (χ1) is 19.9. The zero-order valence-corrected chi connectivity index (χ0v) is 22.6. The number of rotatable bonds is 8. The summed E-state index contributed by atoms with van der Waals surface area (Å²) >= 11 is 0. The molecule has 0 unspecified atom stereocenters. The molecule has 1 aromatic carbocycles. The van der Waals surface area contributed by atoms with Crippen molar-refractivity contribution in [2.24, 2.45) is 17.8 Å². The molecule has 4 heterocycles. The van der Waals surface area contributed by atoms with Gasteiger partial charge >= 0.3 is 7.12 Å². The van der Waals surface area contributed by atoms with Gasteiger partial charge in [-0.3, -0.25) is 19.5 Å². The summed E-state index contributed by atoms with van der Waals surface area (Å²) in [7, 11) is -1.70. The molecule has 9 nitrogen and oxygen atoms in total. The molecule has 3 N–H and O–H groups in total. The van der Waals surface area contributed by atoms with E-state index in [0.29, 0.717) is 43.1 Å². The molecule has 10 heteroatoms. The Morgan fingerprint density at radius 2 is 1.95 bits per heavy atom. The standard InChI is InChI=1S/C31H31BN2O7/c1-18-13-24-29(31(37)34(30(24)36)21-6-4-5-20(15-21)32(38)39)25-17-40-27(28(18)25)11-8-19(26-7-2-3-12-33-26)14-22-9-10-23(16-35)41-22/h2-7,9-10,12,14-15,24-25,27,29,35,38-39H,8,11,13,16-17H2,1H3/b19-14-/t24-,25+,27-,29-/m1/s1. The first-order valence-corrected chi connectivity index (χ1v) is 13.8. The first-order valence-electron chi connectivity index (χ1n) is 13.8. The van der Waals surface area contributed by atoms with Gasteiger partial charge in [-0.25, -0.2) is 0 Å². The van der Waals surface area contributed by atoms with Gasteiger partial charge in [-0.15, -0.1) is 0 Å².